The average Bonchev–Trinajstić information content (AvgIpc) is 2.83. The Labute approximate surface area is 137 Å². The van der Waals surface area contributed by atoms with E-state index in [2.05, 4.69) is 20.5 Å². The normalized spacial score (nSPS) is 19.7. The lowest BCUT2D eigenvalue weighted by Crippen LogP contribution is -2.35. The maximum absolute atomic E-state index is 12.1. The molecule has 1 aliphatic rings. The van der Waals surface area contributed by atoms with Gasteiger partial charge in [-0.2, -0.15) is 0 Å². The lowest BCUT2D eigenvalue weighted by Gasteiger charge is -2.12. The van der Waals surface area contributed by atoms with Crippen LogP contribution >= 0.6 is 0 Å². The second kappa shape index (κ2) is 7.74. The second-order valence-electron chi connectivity index (χ2n) is 6.09. The Hall–Kier alpha value is -1.67. The first-order valence-electron chi connectivity index (χ1n) is 7.72. The molecule has 1 saturated heterocycles. The number of aromatic nitrogens is 1. The maximum Gasteiger partial charge on any atom is 0.253 e. The molecule has 2 heterocycles. The first-order valence-corrected chi connectivity index (χ1v) is 9.54. The molecule has 0 radical (unpaired) electrons. The SMILES string of the molecule is CN(C)CCCNc1ccc(C(=O)NC2CCS(=O)(=O)C2)cn1. The maximum atomic E-state index is 12.1. The Kier molecular flexibility index (Phi) is 5.95. The van der Waals surface area contributed by atoms with Crippen molar-refractivity contribution in [1.82, 2.24) is 15.2 Å². The average molecular weight is 340 g/mol. The molecule has 2 N–H and O–H groups in total. The van der Waals surface area contributed by atoms with E-state index in [-0.39, 0.29) is 23.5 Å². The van der Waals surface area contributed by atoms with Crippen molar-refractivity contribution in [2.75, 3.05) is 44.0 Å². The molecule has 0 spiro atoms. The summed E-state index contributed by atoms with van der Waals surface area (Å²) in [4.78, 5) is 18.4. The van der Waals surface area contributed by atoms with Crippen molar-refractivity contribution in [1.29, 1.82) is 0 Å². The number of anilines is 1. The lowest BCUT2D eigenvalue weighted by molar-refractivity contribution is 0.0941. The van der Waals surface area contributed by atoms with Gasteiger partial charge in [-0.3, -0.25) is 4.79 Å². The van der Waals surface area contributed by atoms with E-state index in [1.54, 1.807) is 12.1 Å². The zero-order chi connectivity index (χ0) is 16.9. The third-order valence-electron chi connectivity index (χ3n) is 3.68. The number of hydrogen-bond acceptors (Lipinski definition) is 6. The van der Waals surface area contributed by atoms with Crippen LogP contribution in [0.5, 0.6) is 0 Å². The fraction of sp³-hybridized carbons (Fsp3) is 0.600. The standard InChI is InChI=1S/C15H24N4O3S/c1-19(2)8-3-7-16-14-5-4-12(10-17-14)15(20)18-13-6-9-23(21,22)11-13/h4-5,10,13H,3,6-9,11H2,1-2H3,(H,16,17)(H,18,20). The number of amides is 1. The van der Waals surface area contributed by atoms with E-state index in [1.807, 2.05) is 14.1 Å². The summed E-state index contributed by atoms with van der Waals surface area (Å²) in [6.45, 7) is 1.81. The number of pyridine rings is 1. The highest BCUT2D eigenvalue weighted by Gasteiger charge is 2.29. The van der Waals surface area contributed by atoms with Crippen molar-refractivity contribution in [3.8, 4) is 0 Å². The van der Waals surface area contributed by atoms with Crippen LogP contribution in [-0.2, 0) is 9.84 Å². The van der Waals surface area contributed by atoms with E-state index in [0.717, 1.165) is 25.3 Å². The summed E-state index contributed by atoms with van der Waals surface area (Å²) in [5, 5.41) is 5.95. The number of hydrogen-bond donors (Lipinski definition) is 2. The van der Waals surface area contributed by atoms with Crippen LogP contribution in [0.25, 0.3) is 0 Å². The Balaban J connectivity index is 1.81. The minimum Gasteiger partial charge on any atom is -0.370 e. The fourth-order valence-electron chi connectivity index (χ4n) is 2.42. The predicted octanol–water partition coefficient (Wildman–Crippen LogP) is 0.362. The van der Waals surface area contributed by atoms with Crippen LogP contribution in [0.1, 0.15) is 23.2 Å². The van der Waals surface area contributed by atoms with Crippen LogP contribution in [0.15, 0.2) is 18.3 Å². The molecule has 1 unspecified atom stereocenters. The van der Waals surface area contributed by atoms with Gasteiger partial charge in [0.05, 0.1) is 17.1 Å². The van der Waals surface area contributed by atoms with Gasteiger partial charge in [-0.1, -0.05) is 0 Å². The Morgan fingerprint density at radius 3 is 2.74 bits per heavy atom. The highest BCUT2D eigenvalue weighted by Crippen LogP contribution is 2.12. The summed E-state index contributed by atoms with van der Waals surface area (Å²) in [5.41, 5.74) is 0.438. The highest BCUT2D eigenvalue weighted by molar-refractivity contribution is 7.91. The van der Waals surface area contributed by atoms with Gasteiger partial charge in [0.25, 0.3) is 5.91 Å². The number of sulfone groups is 1. The lowest BCUT2D eigenvalue weighted by atomic mass is 10.2. The molecule has 128 valence electrons. The molecule has 1 amide bonds. The quantitative estimate of drug-likeness (QED) is 0.697. The van der Waals surface area contributed by atoms with Crippen molar-refractivity contribution in [2.45, 2.75) is 18.9 Å². The van der Waals surface area contributed by atoms with Crippen molar-refractivity contribution in [3.05, 3.63) is 23.9 Å². The Morgan fingerprint density at radius 2 is 2.17 bits per heavy atom. The van der Waals surface area contributed by atoms with Gasteiger partial charge in [0, 0.05) is 18.8 Å². The van der Waals surface area contributed by atoms with E-state index in [1.165, 1.54) is 6.20 Å². The second-order valence-corrected chi connectivity index (χ2v) is 8.32. The number of rotatable bonds is 7. The van der Waals surface area contributed by atoms with Crippen LogP contribution in [0.3, 0.4) is 0 Å². The van der Waals surface area contributed by atoms with Gasteiger partial charge in [0.1, 0.15) is 5.82 Å². The van der Waals surface area contributed by atoms with Crippen molar-refractivity contribution >= 4 is 21.6 Å². The fourth-order valence-corrected chi connectivity index (χ4v) is 4.10. The summed E-state index contributed by atoms with van der Waals surface area (Å²) in [6, 6.07) is 3.16. The zero-order valence-electron chi connectivity index (χ0n) is 13.6. The Bertz CT molecular complexity index is 629. The molecule has 1 aromatic heterocycles. The van der Waals surface area contributed by atoms with Gasteiger partial charge in [-0.25, -0.2) is 13.4 Å². The molecule has 1 fully saturated rings. The molecule has 0 aromatic carbocycles. The van der Waals surface area contributed by atoms with Gasteiger partial charge >= 0.3 is 0 Å². The largest absolute Gasteiger partial charge is 0.370 e. The minimum absolute atomic E-state index is 0.0255. The molecule has 1 atom stereocenters. The predicted molar refractivity (Wildman–Crippen MR) is 90.4 cm³/mol. The molecule has 7 nitrogen and oxygen atoms in total. The summed E-state index contributed by atoms with van der Waals surface area (Å²) in [6.07, 6.45) is 2.99. The van der Waals surface area contributed by atoms with Crippen LogP contribution in [0, 0.1) is 0 Å². The molecule has 23 heavy (non-hydrogen) atoms. The van der Waals surface area contributed by atoms with Crippen molar-refractivity contribution < 1.29 is 13.2 Å². The zero-order valence-corrected chi connectivity index (χ0v) is 14.4. The first kappa shape index (κ1) is 17.7. The number of nitrogens with one attached hydrogen (secondary N) is 2. The molecular formula is C15H24N4O3S. The highest BCUT2D eigenvalue weighted by atomic mass is 32.2. The molecule has 1 aromatic rings. The summed E-state index contributed by atoms with van der Waals surface area (Å²) in [5.74, 6) is 0.617. The van der Waals surface area contributed by atoms with Crippen LogP contribution in [-0.4, -0.2) is 68.9 Å². The van der Waals surface area contributed by atoms with Gasteiger partial charge in [-0.15, -0.1) is 0 Å². The topological polar surface area (TPSA) is 91.4 Å². The van der Waals surface area contributed by atoms with E-state index in [0.29, 0.717) is 12.0 Å². The molecule has 1 aliphatic heterocycles. The van der Waals surface area contributed by atoms with Gasteiger partial charge in [0.15, 0.2) is 9.84 Å². The monoisotopic (exact) mass is 340 g/mol. The third-order valence-corrected chi connectivity index (χ3v) is 5.45. The number of carbonyl (C=O) groups excluding carboxylic acids is 1. The molecular weight excluding hydrogens is 316 g/mol. The van der Waals surface area contributed by atoms with E-state index < -0.39 is 9.84 Å². The summed E-state index contributed by atoms with van der Waals surface area (Å²) < 4.78 is 22.8. The van der Waals surface area contributed by atoms with Crippen LogP contribution in [0.2, 0.25) is 0 Å². The molecule has 0 bridgehead atoms. The van der Waals surface area contributed by atoms with Gasteiger partial charge < -0.3 is 15.5 Å². The van der Waals surface area contributed by atoms with Crippen molar-refractivity contribution in [2.24, 2.45) is 0 Å². The molecule has 0 aliphatic carbocycles. The van der Waals surface area contributed by atoms with Crippen LogP contribution in [0.4, 0.5) is 5.82 Å². The first-order chi connectivity index (χ1) is 10.9. The van der Waals surface area contributed by atoms with Crippen molar-refractivity contribution in [3.63, 3.8) is 0 Å². The number of nitrogens with zero attached hydrogens (tertiary/aromatic N) is 2. The summed E-state index contributed by atoms with van der Waals surface area (Å²) in [7, 11) is 1.07. The van der Waals surface area contributed by atoms with E-state index in [9.17, 15) is 13.2 Å². The Morgan fingerprint density at radius 1 is 1.39 bits per heavy atom. The molecule has 0 saturated carbocycles. The van der Waals surface area contributed by atoms with Gasteiger partial charge in [0.2, 0.25) is 0 Å². The molecule has 2 rings (SSSR count). The minimum atomic E-state index is -2.99. The summed E-state index contributed by atoms with van der Waals surface area (Å²) >= 11 is 0. The van der Waals surface area contributed by atoms with E-state index in [4.69, 9.17) is 0 Å². The smallest absolute Gasteiger partial charge is 0.253 e. The number of carbonyl (C=O) groups is 1. The van der Waals surface area contributed by atoms with Crippen LogP contribution < -0.4 is 10.6 Å². The van der Waals surface area contributed by atoms with E-state index >= 15 is 0 Å². The molecule has 8 heteroatoms. The van der Waals surface area contributed by atoms with Gasteiger partial charge in [-0.05, 0) is 45.6 Å². The third kappa shape index (κ3) is 5.80.